The topological polar surface area (TPSA) is 67.2 Å². The number of nitrogens with zero attached hydrogens (tertiary/aromatic N) is 2. The van der Waals surface area contributed by atoms with Gasteiger partial charge in [0.05, 0.1) is 16.1 Å². The van der Waals surface area contributed by atoms with Crippen molar-refractivity contribution in [2.45, 2.75) is 24.8 Å². The van der Waals surface area contributed by atoms with Crippen molar-refractivity contribution in [2.24, 2.45) is 0 Å². The fourth-order valence-electron chi connectivity index (χ4n) is 3.82. The highest BCUT2D eigenvalue weighted by molar-refractivity contribution is 8.08. The quantitative estimate of drug-likeness (QED) is 0.329. The smallest absolute Gasteiger partial charge is 0.231 e. The molecule has 4 aromatic rings. The second kappa shape index (κ2) is 8.04. The van der Waals surface area contributed by atoms with Gasteiger partial charge in [0.25, 0.3) is 0 Å². The highest BCUT2D eigenvalue weighted by Gasteiger charge is 2.30. The van der Waals surface area contributed by atoms with Crippen molar-refractivity contribution in [3.8, 4) is 5.75 Å². The van der Waals surface area contributed by atoms with Crippen LogP contribution in [0.15, 0.2) is 77.3 Å². The fraction of sp³-hybridized carbons (Fsp3) is 0.120. The zero-order chi connectivity index (χ0) is 22.4. The van der Waals surface area contributed by atoms with Gasteiger partial charge < -0.3 is 10.4 Å². The SMILES string of the molecule is CC(C)n1nc(C(=O)C2=C(c3cc(Cl)ccc3O)Sc3ccccc3N2)c2ccccc21. The third-order valence-corrected chi connectivity index (χ3v) is 6.77. The van der Waals surface area contributed by atoms with E-state index in [1.807, 2.05) is 67.1 Å². The number of Topliss-reactive ketones (excluding diaryl/α,β-unsaturated/α-hetero) is 1. The number of phenols is 1. The van der Waals surface area contributed by atoms with Crippen molar-refractivity contribution in [1.29, 1.82) is 0 Å². The minimum atomic E-state index is -0.239. The standard InChI is InChI=1S/C25H20ClN3O2S/c1-14(2)29-19-9-5-3-7-16(19)22(28-29)24(31)23-25(17-13-15(26)11-12-20(17)30)32-21-10-6-4-8-18(21)27-23/h3-14,27,30H,1-2H3. The lowest BCUT2D eigenvalue weighted by Crippen LogP contribution is -2.18. The number of carbonyl (C=O) groups excluding carboxylic acids is 1. The number of hydrogen-bond donors (Lipinski definition) is 2. The lowest BCUT2D eigenvalue weighted by atomic mass is 10.1. The largest absolute Gasteiger partial charge is 0.507 e. The Bertz CT molecular complexity index is 1410. The molecular formula is C25H20ClN3O2S. The number of benzene rings is 3. The molecule has 0 fully saturated rings. The Balaban J connectivity index is 1.73. The maximum absolute atomic E-state index is 13.9. The van der Waals surface area contributed by atoms with Gasteiger partial charge in [-0.1, -0.05) is 53.7 Å². The number of aromatic nitrogens is 2. The van der Waals surface area contributed by atoms with E-state index in [4.69, 9.17) is 11.6 Å². The summed E-state index contributed by atoms with van der Waals surface area (Å²) in [5, 5.41) is 19.8. The Morgan fingerprint density at radius 3 is 2.66 bits per heavy atom. The van der Waals surface area contributed by atoms with Crippen LogP contribution < -0.4 is 5.32 Å². The molecule has 5 rings (SSSR count). The van der Waals surface area contributed by atoms with Crippen LogP contribution in [-0.4, -0.2) is 20.7 Å². The first-order valence-electron chi connectivity index (χ1n) is 10.2. The van der Waals surface area contributed by atoms with Gasteiger partial charge in [0.15, 0.2) is 0 Å². The summed E-state index contributed by atoms with van der Waals surface area (Å²) in [6, 6.07) is 20.4. The van der Waals surface area contributed by atoms with Gasteiger partial charge >= 0.3 is 0 Å². The molecular weight excluding hydrogens is 442 g/mol. The van der Waals surface area contributed by atoms with E-state index in [-0.39, 0.29) is 17.6 Å². The van der Waals surface area contributed by atoms with Crippen LogP contribution in [0.1, 0.15) is 35.9 Å². The number of ketones is 1. The lowest BCUT2D eigenvalue weighted by molar-refractivity contribution is 0.103. The van der Waals surface area contributed by atoms with Gasteiger partial charge in [-0.05, 0) is 50.2 Å². The van der Waals surface area contributed by atoms with Gasteiger partial charge in [-0.15, -0.1) is 0 Å². The van der Waals surface area contributed by atoms with Crippen LogP contribution in [0.3, 0.4) is 0 Å². The number of rotatable bonds is 4. The second-order valence-corrected chi connectivity index (χ2v) is 9.31. The summed E-state index contributed by atoms with van der Waals surface area (Å²) < 4.78 is 1.86. The van der Waals surface area contributed by atoms with Gasteiger partial charge in [0, 0.05) is 26.9 Å². The molecule has 3 aromatic carbocycles. The van der Waals surface area contributed by atoms with E-state index in [0.717, 1.165) is 21.5 Å². The molecule has 0 spiro atoms. The van der Waals surface area contributed by atoms with Crippen molar-refractivity contribution in [3.63, 3.8) is 0 Å². The van der Waals surface area contributed by atoms with Crippen molar-refractivity contribution < 1.29 is 9.90 Å². The second-order valence-electron chi connectivity index (χ2n) is 7.82. The molecule has 1 aromatic heterocycles. The molecule has 1 aliphatic heterocycles. The third-order valence-electron chi connectivity index (χ3n) is 5.33. The summed E-state index contributed by atoms with van der Waals surface area (Å²) in [4.78, 5) is 15.5. The Labute approximate surface area is 194 Å². The molecule has 32 heavy (non-hydrogen) atoms. The molecule has 1 aliphatic rings. The number of allylic oxidation sites excluding steroid dienone is 1. The van der Waals surface area contributed by atoms with Crippen molar-refractivity contribution in [2.75, 3.05) is 5.32 Å². The van der Waals surface area contributed by atoms with Gasteiger partial charge in [0.2, 0.25) is 5.78 Å². The lowest BCUT2D eigenvalue weighted by Gasteiger charge is -2.24. The summed E-state index contributed by atoms with van der Waals surface area (Å²) in [6.07, 6.45) is 0. The normalized spacial score (nSPS) is 13.4. The number of thioether (sulfide) groups is 1. The molecule has 0 saturated carbocycles. The zero-order valence-corrected chi connectivity index (χ0v) is 19.0. The third kappa shape index (κ3) is 3.45. The Kier molecular flexibility index (Phi) is 5.19. The highest BCUT2D eigenvalue weighted by atomic mass is 35.5. The number of anilines is 1. The average molecular weight is 462 g/mol. The molecule has 0 atom stereocenters. The number of halogens is 1. The molecule has 160 valence electrons. The summed E-state index contributed by atoms with van der Waals surface area (Å²) in [5.41, 5.74) is 2.97. The van der Waals surface area contributed by atoms with Crippen LogP contribution in [0.4, 0.5) is 5.69 Å². The average Bonchev–Trinajstić information content (AvgIpc) is 3.19. The van der Waals surface area contributed by atoms with Gasteiger partial charge in [-0.25, -0.2) is 0 Å². The van der Waals surface area contributed by atoms with E-state index in [1.165, 1.54) is 17.8 Å². The zero-order valence-electron chi connectivity index (χ0n) is 17.5. The molecule has 0 saturated heterocycles. The first kappa shape index (κ1) is 20.7. The van der Waals surface area contributed by atoms with E-state index in [9.17, 15) is 9.90 Å². The molecule has 0 unspecified atom stereocenters. The predicted molar refractivity (Wildman–Crippen MR) is 130 cm³/mol. The minimum absolute atomic E-state index is 0.0564. The molecule has 2 N–H and O–H groups in total. The van der Waals surface area contributed by atoms with Gasteiger partial charge in [0.1, 0.15) is 17.1 Å². The van der Waals surface area contributed by atoms with Crippen LogP contribution in [-0.2, 0) is 0 Å². The number of phenolic OH excluding ortho intramolecular Hbond substituents is 1. The molecule has 0 radical (unpaired) electrons. The van der Waals surface area contributed by atoms with Crippen LogP contribution in [0, 0.1) is 0 Å². The van der Waals surface area contributed by atoms with Crippen molar-refractivity contribution in [3.05, 3.63) is 88.7 Å². The number of fused-ring (bicyclic) bond motifs is 2. The summed E-state index contributed by atoms with van der Waals surface area (Å²) in [7, 11) is 0. The Hall–Kier alpha value is -3.22. The van der Waals surface area contributed by atoms with Gasteiger partial charge in [-0.3, -0.25) is 9.48 Å². The number of aromatic hydroxyl groups is 1. The van der Waals surface area contributed by atoms with E-state index in [0.29, 0.717) is 26.9 Å². The number of carbonyl (C=O) groups is 1. The summed E-state index contributed by atoms with van der Waals surface area (Å²) in [5.74, 6) is -0.182. The molecule has 0 aliphatic carbocycles. The van der Waals surface area contributed by atoms with Crippen LogP contribution in [0.2, 0.25) is 5.02 Å². The molecule has 7 heteroatoms. The maximum Gasteiger partial charge on any atom is 0.231 e. The molecule has 2 heterocycles. The predicted octanol–water partition coefficient (Wildman–Crippen LogP) is 6.75. The van der Waals surface area contributed by atoms with E-state index in [1.54, 1.807) is 12.1 Å². The van der Waals surface area contributed by atoms with Gasteiger partial charge in [-0.2, -0.15) is 5.10 Å². The first-order chi connectivity index (χ1) is 15.4. The van der Waals surface area contributed by atoms with Crippen LogP contribution in [0.25, 0.3) is 15.8 Å². The van der Waals surface area contributed by atoms with Crippen molar-refractivity contribution >= 4 is 50.6 Å². The van der Waals surface area contributed by atoms with E-state index < -0.39 is 0 Å². The van der Waals surface area contributed by atoms with Crippen LogP contribution in [0.5, 0.6) is 5.75 Å². The molecule has 5 nitrogen and oxygen atoms in total. The maximum atomic E-state index is 13.9. The summed E-state index contributed by atoms with van der Waals surface area (Å²) in [6.45, 7) is 4.07. The van der Waals surface area contributed by atoms with E-state index >= 15 is 0 Å². The number of nitrogens with one attached hydrogen (secondary N) is 1. The van der Waals surface area contributed by atoms with Crippen molar-refractivity contribution in [1.82, 2.24) is 9.78 Å². The highest BCUT2D eigenvalue weighted by Crippen LogP contribution is 2.48. The monoisotopic (exact) mass is 461 g/mol. The van der Waals surface area contributed by atoms with Crippen LogP contribution >= 0.6 is 23.4 Å². The molecule has 0 amide bonds. The Morgan fingerprint density at radius 1 is 1.09 bits per heavy atom. The fourth-order valence-corrected chi connectivity index (χ4v) is 5.11. The molecule has 0 bridgehead atoms. The first-order valence-corrected chi connectivity index (χ1v) is 11.4. The summed E-state index contributed by atoms with van der Waals surface area (Å²) >= 11 is 7.66. The Morgan fingerprint density at radius 2 is 1.84 bits per heavy atom. The number of hydrogen-bond acceptors (Lipinski definition) is 5. The minimum Gasteiger partial charge on any atom is -0.507 e. The number of para-hydroxylation sites is 2. The van der Waals surface area contributed by atoms with E-state index in [2.05, 4.69) is 10.4 Å².